The predicted molar refractivity (Wildman–Crippen MR) is 122 cm³/mol. The number of fused-ring (bicyclic) bond motifs is 1. The quantitative estimate of drug-likeness (QED) is 0.585. The number of aliphatic hydroxyl groups is 2. The van der Waals surface area contributed by atoms with Gasteiger partial charge in [0.05, 0.1) is 11.2 Å². The first-order valence-electron chi connectivity index (χ1n) is 11.1. The molecule has 2 nitrogen and oxygen atoms in total. The maximum absolute atomic E-state index is 12.4. The Hall–Kier alpha value is -1.16. The number of rotatable bonds is 3. The fourth-order valence-corrected chi connectivity index (χ4v) is 6.70. The van der Waals surface area contributed by atoms with Crippen LogP contribution < -0.4 is 0 Å². The van der Waals surface area contributed by atoms with Crippen LogP contribution in [0.1, 0.15) is 63.0 Å². The Morgan fingerprint density at radius 1 is 0.966 bits per heavy atom. The normalized spacial score (nSPS) is 37.6. The molecule has 2 saturated carbocycles. The highest BCUT2D eigenvalue weighted by Gasteiger charge is 2.56. The summed E-state index contributed by atoms with van der Waals surface area (Å²) in [6.07, 6.45) is 5.82. The molecule has 2 N–H and O–H groups in total. The smallest absolute Gasteiger partial charge is 0.0739 e. The van der Waals surface area contributed by atoms with Gasteiger partial charge in [-0.3, -0.25) is 0 Å². The minimum atomic E-state index is -0.810. The minimum absolute atomic E-state index is 0.00634. The van der Waals surface area contributed by atoms with Crippen molar-refractivity contribution in [1.29, 1.82) is 0 Å². The first kappa shape index (κ1) is 21.1. The second-order valence-corrected chi connectivity index (χ2v) is 10.5. The molecule has 4 rings (SSSR count). The van der Waals surface area contributed by atoms with E-state index in [0.29, 0.717) is 0 Å². The Kier molecular flexibility index (Phi) is 5.94. The summed E-state index contributed by atoms with van der Waals surface area (Å²) < 4.78 is 1.09. The molecule has 2 aliphatic rings. The van der Waals surface area contributed by atoms with E-state index in [9.17, 15) is 10.2 Å². The van der Waals surface area contributed by atoms with Crippen LogP contribution in [0.3, 0.4) is 0 Å². The van der Waals surface area contributed by atoms with Crippen LogP contribution in [0.25, 0.3) is 0 Å². The summed E-state index contributed by atoms with van der Waals surface area (Å²) in [5.74, 6) is 0.404. The Morgan fingerprint density at radius 3 is 2.34 bits per heavy atom. The summed E-state index contributed by atoms with van der Waals surface area (Å²) in [7, 11) is 0. The second-order valence-electron chi connectivity index (χ2n) is 9.62. The summed E-state index contributed by atoms with van der Waals surface area (Å²) in [5.41, 5.74) is 0.862. The fourth-order valence-electron chi connectivity index (χ4n) is 6.43. The molecule has 2 fully saturated rings. The maximum atomic E-state index is 12.4. The molecule has 0 radical (unpaired) electrons. The van der Waals surface area contributed by atoms with Crippen molar-refractivity contribution < 1.29 is 10.2 Å². The number of hydrogen-bond donors (Lipinski definition) is 2. The van der Waals surface area contributed by atoms with Crippen molar-refractivity contribution in [3.8, 4) is 0 Å². The lowest BCUT2D eigenvalue weighted by Crippen LogP contribution is -2.55. The summed E-state index contributed by atoms with van der Waals surface area (Å²) in [5, 5.41) is 23.8. The van der Waals surface area contributed by atoms with E-state index < -0.39 is 11.2 Å². The molecule has 0 saturated heterocycles. The number of benzene rings is 2. The SMILES string of the molecule is C[C@@H]1[C@H](c2ccccc2)[C@@](C)(O)CC[C@H]2CCC[C@@H](Cc3ccc(Br)cc3)[C@@]21O. The maximum Gasteiger partial charge on any atom is 0.0739 e. The van der Waals surface area contributed by atoms with Gasteiger partial charge in [-0.05, 0) is 80.0 Å². The number of hydrogen-bond acceptors (Lipinski definition) is 2. The van der Waals surface area contributed by atoms with Crippen LogP contribution in [-0.2, 0) is 6.42 Å². The van der Waals surface area contributed by atoms with Crippen molar-refractivity contribution in [2.75, 3.05) is 0 Å². The molecule has 2 aromatic carbocycles. The first-order chi connectivity index (χ1) is 13.8. The molecule has 156 valence electrons. The second kappa shape index (κ2) is 8.17. The summed E-state index contributed by atoms with van der Waals surface area (Å²) in [4.78, 5) is 0. The zero-order chi connectivity index (χ0) is 20.6. The molecular formula is C26H33BrO2. The van der Waals surface area contributed by atoms with Gasteiger partial charge in [-0.15, -0.1) is 0 Å². The highest BCUT2D eigenvalue weighted by atomic mass is 79.9. The molecule has 0 amide bonds. The Bertz CT molecular complexity index is 816. The molecule has 0 unspecified atom stereocenters. The van der Waals surface area contributed by atoms with Crippen LogP contribution in [0.15, 0.2) is 59.1 Å². The minimum Gasteiger partial charge on any atom is -0.390 e. The largest absolute Gasteiger partial charge is 0.390 e. The zero-order valence-electron chi connectivity index (χ0n) is 17.5. The molecule has 29 heavy (non-hydrogen) atoms. The van der Waals surface area contributed by atoms with Crippen LogP contribution >= 0.6 is 15.9 Å². The average molecular weight is 457 g/mol. The Morgan fingerprint density at radius 2 is 1.66 bits per heavy atom. The monoisotopic (exact) mass is 456 g/mol. The van der Waals surface area contributed by atoms with Crippen molar-refractivity contribution in [1.82, 2.24) is 0 Å². The van der Waals surface area contributed by atoms with Gasteiger partial charge in [0, 0.05) is 10.4 Å². The summed E-state index contributed by atoms with van der Waals surface area (Å²) in [6, 6.07) is 18.9. The van der Waals surface area contributed by atoms with Crippen LogP contribution in [0.4, 0.5) is 0 Å². The van der Waals surface area contributed by atoms with E-state index in [0.717, 1.165) is 42.1 Å². The molecule has 0 bridgehead atoms. The third-order valence-electron chi connectivity index (χ3n) is 7.87. The highest BCUT2D eigenvalue weighted by molar-refractivity contribution is 9.10. The molecular weight excluding hydrogens is 424 g/mol. The summed E-state index contributed by atoms with van der Waals surface area (Å²) in [6.45, 7) is 4.16. The van der Waals surface area contributed by atoms with Crippen LogP contribution in [0.5, 0.6) is 0 Å². The third-order valence-corrected chi connectivity index (χ3v) is 8.39. The standard InChI is InChI=1S/C26H33BrO2/c1-18-24(20-7-4-3-5-8-20)25(2,28)16-15-21-9-6-10-22(26(18,21)29)17-19-11-13-23(27)14-12-19/h3-5,7-8,11-14,18,21-22,24,28-29H,6,9-10,15-17H2,1-2H3/t18-,21-,22+,24-,25+,26+/m1/s1. The topological polar surface area (TPSA) is 40.5 Å². The van der Waals surface area contributed by atoms with E-state index in [1.54, 1.807) is 0 Å². The summed E-state index contributed by atoms with van der Waals surface area (Å²) >= 11 is 3.53. The van der Waals surface area contributed by atoms with Gasteiger partial charge in [-0.25, -0.2) is 0 Å². The van der Waals surface area contributed by atoms with Crippen molar-refractivity contribution >= 4 is 15.9 Å². The van der Waals surface area contributed by atoms with Crippen molar-refractivity contribution in [3.05, 3.63) is 70.2 Å². The van der Waals surface area contributed by atoms with E-state index in [-0.39, 0.29) is 23.7 Å². The lowest BCUT2D eigenvalue weighted by atomic mass is 9.58. The van der Waals surface area contributed by atoms with E-state index in [1.807, 2.05) is 25.1 Å². The van der Waals surface area contributed by atoms with E-state index in [2.05, 4.69) is 59.3 Å². The van der Waals surface area contributed by atoms with Crippen LogP contribution in [-0.4, -0.2) is 21.4 Å². The predicted octanol–water partition coefficient (Wildman–Crippen LogP) is 6.10. The lowest BCUT2D eigenvalue weighted by molar-refractivity contribution is -0.141. The Labute approximate surface area is 183 Å². The van der Waals surface area contributed by atoms with Crippen molar-refractivity contribution in [3.63, 3.8) is 0 Å². The fraction of sp³-hybridized carbons (Fsp3) is 0.538. The van der Waals surface area contributed by atoms with E-state index in [1.165, 1.54) is 12.0 Å². The molecule has 0 spiro atoms. The third kappa shape index (κ3) is 3.94. The zero-order valence-corrected chi connectivity index (χ0v) is 19.1. The van der Waals surface area contributed by atoms with Gasteiger partial charge in [-0.2, -0.15) is 0 Å². The van der Waals surface area contributed by atoms with E-state index in [4.69, 9.17) is 0 Å². The average Bonchev–Trinajstić information content (AvgIpc) is 2.78. The molecule has 3 heteroatoms. The molecule has 0 aliphatic heterocycles. The Balaban J connectivity index is 1.72. The van der Waals surface area contributed by atoms with Gasteiger partial charge in [0.25, 0.3) is 0 Å². The van der Waals surface area contributed by atoms with Gasteiger partial charge in [0.1, 0.15) is 0 Å². The highest BCUT2D eigenvalue weighted by Crippen LogP contribution is 2.56. The lowest BCUT2D eigenvalue weighted by Gasteiger charge is -2.51. The van der Waals surface area contributed by atoms with Crippen molar-refractivity contribution in [2.24, 2.45) is 17.8 Å². The molecule has 0 aromatic heterocycles. The molecule has 6 atom stereocenters. The van der Waals surface area contributed by atoms with Crippen LogP contribution in [0.2, 0.25) is 0 Å². The van der Waals surface area contributed by atoms with Gasteiger partial charge in [-0.1, -0.05) is 71.7 Å². The molecule has 0 heterocycles. The molecule has 2 aromatic rings. The molecule has 2 aliphatic carbocycles. The number of halogens is 1. The van der Waals surface area contributed by atoms with Gasteiger partial charge in [0.15, 0.2) is 0 Å². The van der Waals surface area contributed by atoms with Gasteiger partial charge in [0.2, 0.25) is 0 Å². The van der Waals surface area contributed by atoms with Gasteiger partial charge >= 0.3 is 0 Å². The van der Waals surface area contributed by atoms with Gasteiger partial charge < -0.3 is 10.2 Å². The first-order valence-corrected chi connectivity index (χ1v) is 11.9. The van der Waals surface area contributed by atoms with E-state index >= 15 is 0 Å². The van der Waals surface area contributed by atoms with Crippen molar-refractivity contribution in [2.45, 2.75) is 69.5 Å². The van der Waals surface area contributed by atoms with Crippen LogP contribution in [0, 0.1) is 17.8 Å².